The zero-order valence-electron chi connectivity index (χ0n) is 12.2. The van der Waals surface area contributed by atoms with Gasteiger partial charge in [-0.2, -0.15) is 0 Å². The molecule has 2 aromatic carbocycles. The molecular formula is C17H15ClFNO2. The lowest BCUT2D eigenvalue weighted by molar-refractivity contribution is -0.111. The van der Waals surface area contributed by atoms with E-state index in [0.717, 1.165) is 5.56 Å². The first-order valence-corrected chi connectivity index (χ1v) is 6.97. The minimum Gasteiger partial charge on any atom is -0.495 e. The molecule has 0 atom stereocenters. The first kappa shape index (κ1) is 16.0. The first-order chi connectivity index (χ1) is 10.5. The molecule has 0 radical (unpaired) electrons. The van der Waals surface area contributed by atoms with Crippen LogP contribution in [0.15, 0.2) is 42.5 Å². The number of rotatable bonds is 4. The molecule has 1 N–H and O–H groups in total. The largest absolute Gasteiger partial charge is 0.495 e. The number of methoxy groups -OCH3 is 1. The number of amides is 1. The van der Waals surface area contributed by atoms with Crippen LogP contribution in [0.4, 0.5) is 10.1 Å². The average molecular weight is 320 g/mol. The predicted molar refractivity (Wildman–Crippen MR) is 86.8 cm³/mol. The molecule has 0 saturated heterocycles. The van der Waals surface area contributed by atoms with Crippen molar-refractivity contribution in [3.8, 4) is 5.75 Å². The van der Waals surface area contributed by atoms with E-state index in [1.54, 1.807) is 18.2 Å². The zero-order chi connectivity index (χ0) is 16.1. The summed E-state index contributed by atoms with van der Waals surface area (Å²) in [6.07, 6.45) is 2.57. The smallest absolute Gasteiger partial charge is 0.248 e. The van der Waals surface area contributed by atoms with Crippen LogP contribution in [-0.4, -0.2) is 13.0 Å². The number of halogens is 2. The highest BCUT2D eigenvalue weighted by atomic mass is 35.5. The molecule has 0 aromatic heterocycles. The van der Waals surface area contributed by atoms with Crippen molar-refractivity contribution in [1.29, 1.82) is 0 Å². The lowest BCUT2D eigenvalue weighted by Gasteiger charge is -2.09. The molecule has 3 nitrogen and oxygen atoms in total. The Morgan fingerprint density at radius 1 is 1.32 bits per heavy atom. The Morgan fingerprint density at radius 3 is 2.77 bits per heavy atom. The third-order valence-corrected chi connectivity index (χ3v) is 3.34. The van der Waals surface area contributed by atoms with Gasteiger partial charge in [-0.25, -0.2) is 4.39 Å². The van der Waals surface area contributed by atoms with Gasteiger partial charge in [-0.1, -0.05) is 23.7 Å². The van der Waals surface area contributed by atoms with Crippen molar-refractivity contribution >= 4 is 29.3 Å². The molecule has 0 unspecified atom stereocenters. The summed E-state index contributed by atoms with van der Waals surface area (Å²) in [5, 5.41) is 2.94. The van der Waals surface area contributed by atoms with Gasteiger partial charge in [0.15, 0.2) is 0 Å². The van der Waals surface area contributed by atoms with E-state index in [1.807, 2.05) is 13.0 Å². The highest BCUT2D eigenvalue weighted by Crippen LogP contribution is 2.25. The summed E-state index contributed by atoms with van der Waals surface area (Å²) >= 11 is 5.90. The van der Waals surface area contributed by atoms with Gasteiger partial charge in [0.05, 0.1) is 17.8 Å². The van der Waals surface area contributed by atoms with Gasteiger partial charge in [-0.05, 0) is 42.8 Å². The first-order valence-electron chi connectivity index (χ1n) is 6.59. The van der Waals surface area contributed by atoms with Gasteiger partial charge in [0, 0.05) is 11.6 Å². The standard InChI is InChI=1S/C17H15ClFNO2/c1-11-6-8-16(22-2)15(10-11)20-17(21)9-7-12-13(18)4-3-5-14(12)19/h3-10H,1-2H3,(H,20,21). The van der Waals surface area contributed by atoms with E-state index < -0.39 is 11.7 Å². The van der Waals surface area contributed by atoms with Crippen LogP contribution in [0.25, 0.3) is 6.08 Å². The Balaban J connectivity index is 2.17. The van der Waals surface area contributed by atoms with Crippen LogP contribution in [0.3, 0.4) is 0 Å². The number of hydrogen-bond donors (Lipinski definition) is 1. The summed E-state index contributed by atoms with van der Waals surface area (Å²) < 4.78 is 18.8. The summed E-state index contributed by atoms with van der Waals surface area (Å²) in [6.45, 7) is 1.91. The number of benzene rings is 2. The molecule has 0 spiro atoms. The van der Waals surface area contributed by atoms with Gasteiger partial charge < -0.3 is 10.1 Å². The van der Waals surface area contributed by atoms with Gasteiger partial charge >= 0.3 is 0 Å². The minimum atomic E-state index is -0.482. The molecule has 2 rings (SSSR count). The van der Waals surface area contributed by atoms with Gasteiger partial charge in [0.2, 0.25) is 5.91 Å². The van der Waals surface area contributed by atoms with E-state index >= 15 is 0 Å². The number of aryl methyl sites for hydroxylation is 1. The zero-order valence-corrected chi connectivity index (χ0v) is 12.9. The number of hydrogen-bond acceptors (Lipinski definition) is 2. The normalized spacial score (nSPS) is 10.7. The van der Waals surface area contributed by atoms with Crippen molar-refractivity contribution in [3.05, 3.63) is 64.4 Å². The third-order valence-electron chi connectivity index (χ3n) is 3.01. The molecule has 22 heavy (non-hydrogen) atoms. The molecule has 0 bridgehead atoms. The second-order valence-corrected chi connectivity index (χ2v) is 5.07. The molecule has 1 amide bonds. The maximum atomic E-state index is 13.6. The summed E-state index contributed by atoms with van der Waals surface area (Å²) in [7, 11) is 1.52. The quantitative estimate of drug-likeness (QED) is 0.846. The molecule has 5 heteroatoms. The Kier molecular flexibility index (Phi) is 5.17. The van der Waals surface area contributed by atoms with E-state index in [2.05, 4.69) is 5.32 Å². The van der Waals surface area contributed by atoms with Crippen LogP contribution < -0.4 is 10.1 Å². The van der Waals surface area contributed by atoms with E-state index in [0.29, 0.717) is 11.4 Å². The monoisotopic (exact) mass is 319 g/mol. The molecule has 114 valence electrons. The maximum absolute atomic E-state index is 13.6. The van der Waals surface area contributed by atoms with Crippen molar-refractivity contribution < 1.29 is 13.9 Å². The summed E-state index contributed by atoms with van der Waals surface area (Å²) in [5.41, 5.74) is 1.71. The fourth-order valence-electron chi connectivity index (χ4n) is 1.92. The second-order valence-electron chi connectivity index (χ2n) is 4.66. The number of anilines is 1. The fraction of sp³-hybridized carbons (Fsp3) is 0.118. The molecule has 0 aliphatic heterocycles. The Hall–Kier alpha value is -2.33. The maximum Gasteiger partial charge on any atom is 0.248 e. The van der Waals surface area contributed by atoms with Gasteiger partial charge in [-0.3, -0.25) is 4.79 Å². The fourth-order valence-corrected chi connectivity index (χ4v) is 2.15. The highest BCUT2D eigenvalue weighted by Gasteiger charge is 2.07. The molecule has 0 aliphatic carbocycles. The average Bonchev–Trinajstić information content (AvgIpc) is 2.47. The van der Waals surface area contributed by atoms with Gasteiger partial charge in [0.1, 0.15) is 11.6 Å². The lowest BCUT2D eigenvalue weighted by Crippen LogP contribution is -2.09. The van der Waals surface area contributed by atoms with Crippen LogP contribution in [0.2, 0.25) is 5.02 Å². The topological polar surface area (TPSA) is 38.3 Å². The van der Waals surface area contributed by atoms with Crippen LogP contribution in [0.5, 0.6) is 5.75 Å². The van der Waals surface area contributed by atoms with Crippen LogP contribution >= 0.6 is 11.6 Å². The number of nitrogens with one attached hydrogen (secondary N) is 1. The van der Waals surface area contributed by atoms with Crippen molar-refractivity contribution in [1.82, 2.24) is 0 Å². The van der Waals surface area contributed by atoms with Crippen LogP contribution in [0, 0.1) is 12.7 Å². The van der Waals surface area contributed by atoms with Crippen molar-refractivity contribution in [2.24, 2.45) is 0 Å². The van der Waals surface area contributed by atoms with Crippen molar-refractivity contribution in [3.63, 3.8) is 0 Å². The summed E-state index contributed by atoms with van der Waals surface area (Å²) in [6, 6.07) is 9.79. The molecule has 0 aliphatic rings. The molecule has 2 aromatic rings. The molecule has 0 heterocycles. The lowest BCUT2D eigenvalue weighted by atomic mass is 10.2. The van der Waals surface area contributed by atoms with Gasteiger partial charge in [-0.15, -0.1) is 0 Å². The van der Waals surface area contributed by atoms with E-state index in [9.17, 15) is 9.18 Å². The van der Waals surface area contributed by atoms with E-state index in [4.69, 9.17) is 16.3 Å². The predicted octanol–water partition coefficient (Wildman–Crippen LogP) is 4.45. The molecular weight excluding hydrogens is 305 g/mol. The number of ether oxygens (including phenoxy) is 1. The number of carbonyl (C=O) groups excluding carboxylic acids is 1. The van der Waals surface area contributed by atoms with Gasteiger partial charge in [0.25, 0.3) is 0 Å². The van der Waals surface area contributed by atoms with Crippen molar-refractivity contribution in [2.75, 3.05) is 12.4 Å². The second kappa shape index (κ2) is 7.09. The third kappa shape index (κ3) is 3.86. The Bertz CT molecular complexity index is 708. The summed E-state index contributed by atoms with van der Waals surface area (Å²) in [5.74, 6) is -0.329. The van der Waals surface area contributed by atoms with Crippen molar-refractivity contribution in [2.45, 2.75) is 6.92 Å². The molecule has 0 saturated carbocycles. The van der Waals surface area contributed by atoms with Crippen LogP contribution in [-0.2, 0) is 4.79 Å². The minimum absolute atomic E-state index is 0.176. The summed E-state index contributed by atoms with van der Waals surface area (Å²) in [4.78, 5) is 12.0. The van der Waals surface area contributed by atoms with E-state index in [-0.39, 0.29) is 10.6 Å². The number of carbonyl (C=O) groups is 1. The highest BCUT2D eigenvalue weighted by molar-refractivity contribution is 6.32. The van der Waals surface area contributed by atoms with Crippen LogP contribution in [0.1, 0.15) is 11.1 Å². The Morgan fingerprint density at radius 2 is 2.09 bits per heavy atom. The van der Waals surface area contributed by atoms with E-state index in [1.165, 1.54) is 31.4 Å². The molecule has 0 fully saturated rings. The SMILES string of the molecule is COc1ccc(C)cc1NC(=O)C=Cc1c(F)cccc1Cl. The Labute approximate surface area is 133 Å².